The molecule has 7 heteroatoms. The highest BCUT2D eigenvalue weighted by Gasteiger charge is 2.27. The van der Waals surface area contributed by atoms with Crippen molar-refractivity contribution in [3.63, 3.8) is 0 Å². The summed E-state index contributed by atoms with van der Waals surface area (Å²) < 4.78 is 26.7. The van der Waals surface area contributed by atoms with Crippen molar-refractivity contribution in [2.75, 3.05) is 0 Å². The highest BCUT2D eigenvalue weighted by Crippen LogP contribution is 2.18. The Kier molecular flexibility index (Phi) is 3.50. The van der Waals surface area contributed by atoms with Gasteiger partial charge in [-0.05, 0) is 19.8 Å². The Morgan fingerprint density at radius 1 is 1.47 bits per heavy atom. The zero-order chi connectivity index (χ0) is 12.5. The largest absolute Gasteiger partial charge is 0.332 e. The summed E-state index contributed by atoms with van der Waals surface area (Å²) in [5, 5.41) is 0.104. The number of aromatic nitrogens is 2. The summed E-state index contributed by atoms with van der Waals surface area (Å²) in [6.45, 7) is 1.71. The van der Waals surface area contributed by atoms with Crippen LogP contribution in [-0.2, 0) is 10.0 Å². The van der Waals surface area contributed by atoms with Crippen molar-refractivity contribution in [2.45, 2.75) is 49.7 Å². The lowest BCUT2D eigenvalue weighted by molar-refractivity contribution is 0.361. The van der Waals surface area contributed by atoms with Gasteiger partial charge in [0.1, 0.15) is 5.82 Å². The molecule has 0 saturated heterocycles. The van der Waals surface area contributed by atoms with E-state index < -0.39 is 10.0 Å². The fourth-order valence-electron chi connectivity index (χ4n) is 2.10. The number of nitrogens with zero attached hydrogens (tertiary/aromatic N) is 1. The zero-order valence-corrected chi connectivity index (χ0v) is 10.6. The SMILES string of the molecule is Cc1ncc(S(=O)(=O)NC2CCCCC2N)[nH]1. The summed E-state index contributed by atoms with van der Waals surface area (Å²) in [6.07, 6.45) is 5.08. The second-order valence-electron chi connectivity index (χ2n) is 4.51. The summed E-state index contributed by atoms with van der Waals surface area (Å²) in [5.41, 5.74) is 5.92. The van der Waals surface area contributed by atoms with Crippen molar-refractivity contribution in [1.29, 1.82) is 0 Å². The first-order chi connectivity index (χ1) is 7.99. The highest BCUT2D eigenvalue weighted by atomic mass is 32.2. The standard InChI is InChI=1S/C10H18N4O2S/c1-7-12-6-10(13-7)17(15,16)14-9-5-3-2-4-8(9)11/h6,8-9,14H,2-5,11H2,1H3,(H,12,13). The van der Waals surface area contributed by atoms with E-state index in [2.05, 4.69) is 14.7 Å². The third kappa shape index (κ3) is 2.85. The molecule has 6 nitrogen and oxygen atoms in total. The number of rotatable bonds is 3. The molecule has 1 heterocycles. The van der Waals surface area contributed by atoms with Crippen LogP contribution < -0.4 is 10.5 Å². The van der Waals surface area contributed by atoms with E-state index in [9.17, 15) is 8.42 Å². The summed E-state index contributed by atoms with van der Waals surface area (Å²) in [6, 6.07) is -0.264. The summed E-state index contributed by atoms with van der Waals surface area (Å²) >= 11 is 0. The molecule has 1 fully saturated rings. The first-order valence-electron chi connectivity index (χ1n) is 5.78. The Labute approximate surface area is 101 Å². The van der Waals surface area contributed by atoms with E-state index >= 15 is 0 Å². The molecule has 0 spiro atoms. The normalized spacial score (nSPS) is 26.0. The minimum atomic E-state index is -3.52. The average Bonchev–Trinajstić information content (AvgIpc) is 2.69. The van der Waals surface area contributed by atoms with Crippen LogP contribution in [0.2, 0.25) is 0 Å². The molecule has 2 unspecified atom stereocenters. The van der Waals surface area contributed by atoms with Crippen LogP contribution in [0.1, 0.15) is 31.5 Å². The smallest absolute Gasteiger partial charge is 0.257 e. The van der Waals surface area contributed by atoms with E-state index in [1.54, 1.807) is 6.92 Å². The molecular weight excluding hydrogens is 240 g/mol. The van der Waals surface area contributed by atoms with E-state index in [1.165, 1.54) is 6.20 Å². The fourth-order valence-corrected chi connectivity index (χ4v) is 3.40. The maximum absolute atomic E-state index is 12.0. The lowest BCUT2D eigenvalue weighted by atomic mass is 9.92. The molecule has 1 aliphatic rings. The van der Waals surface area contributed by atoms with Crippen molar-refractivity contribution in [2.24, 2.45) is 5.73 Å². The average molecular weight is 258 g/mol. The Hall–Kier alpha value is -0.920. The van der Waals surface area contributed by atoms with Gasteiger partial charge in [-0.25, -0.2) is 18.1 Å². The maximum Gasteiger partial charge on any atom is 0.257 e. The molecule has 1 aromatic rings. The van der Waals surface area contributed by atoms with Crippen LogP contribution >= 0.6 is 0 Å². The number of nitrogens with two attached hydrogens (primary N) is 1. The molecule has 1 aliphatic carbocycles. The number of nitrogens with one attached hydrogen (secondary N) is 2. The number of aromatic amines is 1. The molecule has 0 aliphatic heterocycles. The molecule has 1 saturated carbocycles. The second-order valence-corrected chi connectivity index (χ2v) is 6.19. The van der Waals surface area contributed by atoms with Crippen molar-refractivity contribution in [3.8, 4) is 0 Å². The molecule has 2 atom stereocenters. The first-order valence-corrected chi connectivity index (χ1v) is 7.27. The van der Waals surface area contributed by atoms with Crippen LogP contribution in [0, 0.1) is 6.92 Å². The number of sulfonamides is 1. The monoisotopic (exact) mass is 258 g/mol. The highest BCUT2D eigenvalue weighted by molar-refractivity contribution is 7.89. The first kappa shape index (κ1) is 12.5. The van der Waals surface area contributed by atoms with Crippen molar-refractivity contribution in [3.05, 3.63) is 12.0 Å². The molecule has 0 bridgehead atoms. The van der Waals surface area contributed by atoms with Crippen LogP contribution in [0.15, 0.2) is 11.2 Å². The number of imidazole rings is 1. The second kappa shape index (κ2) is 4.75. The number of hydrogen-bond donors (Lipinski definition) is 3. The van der Waals surface area contributed by atoms with Crippen LogP contribution in [0.4, 0.5) is 0 Å². The van der Waals surface area contributed by atoms with E-state index in [0.717, 1.165) is 25.7 Å². The number of H-pyrrole nitrogens is 1. The Morgan fingerprint density at radius 3 is 2.76 bits per heavy atom. The van der Waals surface area contributed by atoms with Crippen molar-refractivity contribution in [1.82, 2.24) is 14.7 Å². The minimum Gasteiger partial charge on any atom is -0.332 e. The third-order valence-corrected chi connectivity index (χ3v) is 4.49. The van der Waals surface area contributed by atoms with Crippen LogP contribution in [0.25, 0.3) is 0 Å². The molecule has 0 amide bonds. The van der Waals surface area contributed by atoms with Gasteiger partial charge in [0.15, 0.2) is 5.03 Å². The van der Waals surface area contributed by atoms with Gasteiger partial charge in [-0.2, -0.15) is 0 Å². The molecule has 17 heavy (non-hydrogen) atoms. The topological polar surface area (TPSA) is 101 Å². The van der Waals surface area contributed by atoms with Gasteiger partial charge in [0.2, 0.25) is 0 Å². The van der Waals surface area contributed by atoms with E-state index in [4.69, 9.17) is 5.73 Å². The van der Waals surface area contributed by atoms with Gasteiger partial charge in [-0.15, -0.1) is 0 Å². The van der Waals surface area contributed by atoms with Gasteiger partial charge < -0.3 is 10.7 Å². The van der Waals surface area contributed by atoms with Crippen LogP contribution in [-0.4, -0.2) is 30.5 Å². The van der Waals surface area contributed by atoms with Gasteiger partial charge in [-0.3, -0.25) is 0 Å². The zero-order valence-electron chi connectivity index (χ0n) is 9.81. The summed E-state index contributed by atoms with van der Waals surface area (Å²) in [4.78, 5) is 6.61. The van der Waals surface area contributed by atoms with E-state index in [1.807, 2.05) is 0 Å². The summed E-state index contributed by atoms with van der Waals surface area (Å²) in [5.74, 6) is 0.582. The van der Waals surface area contributed by atoms with E-state index in [0.29, 0.717) is 5.82 Å². The van der Waals surface area contributed by atoms with Gasteiger partial charge >= 0.3 is 0 Å². The van der Waals surface area contributed by atoms with Gasteiger partial charge in [0, 0.05) is 12.1 Å². The van der Waals surface area contributed by atoms with E-state index in [-0.39, 0.29) is 17.1 Å². The van der Waals surface area contributed by atoms with Crippen molar-refractivity contribution >= 4 is 10.0 Å². The van der Waals surface area contributed by atoms with Gasteiger partial charge in [-0.1, -0.05) is 12.8 Å². The lowest BCUT2D eigenvalue weighted by Gasteiger charge is -2.28. The predicted molar refractivity (Wildman–Crippen MR) is 63.9 cm³/mol. The maximum atomic E-state index is 12.0. The number of aryl methyl sites for hydroxylation is 1. The van der Waals surface area contributed by atoms with Crippen LogP contribution in [0.3, 0.4) is 0 Å². The Balaban J connectivity index is 2.11. The lowest BCUT2D eigenvalue weighted by Crippen LogP contribution is -2.49. The Bertz CT molecular complexity index is 482. The molecule has 4 N–H and O–H groups in total. The minimum absolute atomic E-state index is 0.0949. The quantitative estimate of drug-likeness (QED) is 0.724. The molecule has 96 valence electrons. The Morgan fingerprint density at radius 2 is 2.18 bits per heavy atom. The predicted octanol–water partition coefficient (Wildman–Crippen LogP) is 0.266. The molecule has 0 aromatic carbocycles. The third-order valence-electron chi connectivity index (χ3n) is 3.10. The van der Waals surface area contributed by atoms with Crippen molar-refractivity contribution < 1.29 is 8.42 Å². The fraction of sp³-hybridized carbons (Fsp3) is 0.700. The number of hydrogen-bond acceptors (Lipinski definition) is 4. The summed E-state index contributed by atoms with van der Waals surface area (Å²) in [7, 11) is -3.52. The van der Waals surface area contributed by atoms with Gasteiger partial charge in [0.25, 0.3) is 10.0 Å². The van der Waals surface area contributed by atoms with Crippen LogP contribution in [0.5, 0.6) is 0 Å². The molecule has 2 rings (SSSR count). The molecule has 1 aromatic heterocycles. The van der Waals surface area contributed by atoms with Gasteiger partial charge in [0.05, 0.1) is 6.20 Å². The molecule has 0 radical (unpaired) electrons. The molecular formula is C10H18N4O2S.